The number of benzene rings is 2. The van der Waals surface area contributed by atoms with E-state index in [2.05, 4.69) is 5.32 Å². The third-order valence-corrected chi connectivity index (χ3v) is 5.86. The highest BCUT2D eigenvalue weighted by Gasteiger charge is 2.32. The molecule has 0 spiro atoms. The highest BCUT2D eigenvalue weighted by molar-refractivity contribution is 7.92. The summed E-state index contributed by atoms with van der Waals surface area (Å²) in [6.45, 7) is 1.27. The minimum Gasteiger partial charge on any atom is -0.452 e. The quantitative estimate of drug-likeness (QED) is 0.722. The van der Waals surface area contributed by atoms with E-state index in [1.54, 1.807) is 37.3 Å². The maximum Gasteiger partial charge on any atom is 0.338 e. The van der Waals surface area contributed by atoms with Crippen LogP contribution in [0.5, 0.6) is 0 Å². The number of rotatable bonds is 6. The highest BCUT2D eigenvalue weighted by Crippen LogP contribution is 2.34. The molecule has 0 aromatic heterocycles. The molecule has 1 atom stereocenters. The molecule has 2 aromatic rings. The summed E-state index contributed by atoms with van der Waals surface area (Å²) in [6.07, 6.45) is 1.62. The molecule has 2 aromatic carbocycles. The smallest absolute Gasteiger partial charge is 0.338 e. The first-order chi connectivity index (χ1) is 13.7. The van der Waals surface area contributed by atoms with Crippen molar-refractivity contribution in [2.24, 2.45) is 0 Å². The second-order valence-corrected chi connectivity index (χ2v) is 8.76. The van der Waals surface area contributed by atoms with Gasteiger partial charge >= 0.3 is 5.97 Å². The van der Waals surface area contributed by atoms with E-state index in [4.69, 9.17) is 4.74 Å². The SMILES string of the molecule is C[C@@H]1Cc2cc(C(=O)OCC(=O)NCc3ccccc3F)ccc2N1S(C)(=O)=O. The summed E-state index contributed by atoms with van der Waals surface area (Å²) in [5.74, 6) is -1.68. The summed E-state index contributed by atoms with van der Waals surface area (Å²) in [4.78, 5) is 24.1. The molecule has 29 heavy (non-hydrogen) atoms. The van der Waals surface area contributed by atoms with E-state index in [0.717, 1.165) is 11.8 Å². The Labute approximate surface area is 168 Å². The van der Waals surface area contributed by atoms with Gasteiger partial charge < -0.3 is 10.1 Å². The van der Waals surface area contributed by atoms with Crippen LogP contribution in [0, 0.1) is 5.82 Å². The zero-order chi connectivity index (χ0) is 21.2. The predicted molar refractivity (Wildman–Crippen MR) is 105 cm³/mol. The van der Waals surface area contributed by atoms with Gasteiger partial charge in [-0.25, -0.2) is 17.6 Å². The van der Waals surface area contributed by atoms with Crippen LogP contribution >= 0.6 is 0 Å². The lowest BCUT2D eigenvalue weighted by molar-refractivity contribution is -0.124. The van der Waals surface area contributed by atoms with Crippen LogP contribution in [0.3, 0.4) is 0 Å². The Morgan fingerprint density at radius 3 is 2.66 bits per heavy atom. The van der Waals surface area contributed by atoms with Gasteiger partial charge in [-0.05, 0) is 43.2 Å². The van der Waals surface area contributed by atoms with E-state index in [9.17, 15) is 22.4 Å². The number of hydrogen-bond acceptors (Lipinski definition) is 5. The lowest BCUT2D eigenvalue weighted by Crippen LogP contribution is -2.34. The lowest BCUT2D eigenvalue weighted by Gasteiger charge is -2.21. The molecule has 154 valence electrons. The van der Waals surface area contributed by atoms with Crippen LogP contribution in [0.1, 0.15) is 28.4 Å². The zero-order valence-electron chi connectivity index (χ0n) is 16.0. The van der Waals surface area contributed by atoms with Gasteiger partial charge in [0.2, 0.25) is 10.0 Å². The Balaban J connectivity index is 1.59. The molecular weight excluding hydrogens is 399 g/mol. The van der Waals surface area contributed by atoms with Crippen molar-refractivity contribution < 1.29 is 27.1 Å². The van der Waals surface area contributed by atoms with Crippen LogP contribution < -0.4 is 9.62 Å². The average Bonchev–Trinajstić information content (AvgIpc) is 3.00. The molecule has 0 saturated carbocycles. The van der Waals surface area contributed by atoms with Crippen molar-refractivity contribution in [2.45, 2.75) is 25.9 Å². The Morgan fingerprint density at radius 1 is 1.24 bits per heavy atom. The summed E-state index contributed by atoms with van der Waals surface area (Å²) in [6, 6.07) is 10.4. The normalized spacial score (nSPS) is 15.7. The summed E-state index contributed by atoms with van der Waals surface area (Å²) >= 11 is 0. The summed E-state index contributed by atoms with van der Waals surface area (Å²) in [5.41, 5.74) is 1.82. The lowest BCUT2D eigenvalue weighted by atomic mass is 10.1. The fourth-order valence-electron chi connectivity index (χ4n) is 3.34. The Bertz CT molecular complexity index is 1050. The van der Waals surface area contributed by atoms with Crippen LogP contribution in [0.2, 0.25) is 0 Å². The maximum atomic E-state index is 13.5. The van der Waals surface area contributed by atoms with Gasteiger partial charge in [0.05, 0.1) is 17.5 Å². The van der Waals surface area contributed by atoms with Crippen LogP contribution in [-0.2, 0) is 32.5 Å². The van der Waals surface area contributed by atoms with Crippen LogP contribution in [0.15, 0.2) is 42.5 Å². The van der Waals surface area contributed by atoms with Crippen molar-refractivity contribution in [1.29, 1.82) is 0 Å². The standard InChI is InChI=1S/C20H21FN2O5S/c1-13-9-16-10-14(7-8-18(16)23(13)29(2,26)27)20(25)28-12-19(24)22-11-15-5-3-4-6-17(15)21/h3-8,10,13H,9,11-12H2,1-2H3,(H,22,24)/t13-/m1/s1. The van der Waals surface area contributed by atoms with Gasteiger partial charge in [-0.15, -0.1) is 0 Å². The third kappa shape index (κ3) is 4.73. The minimum absolute atomic E-state index is 0.0128. The first-order valence-corrected chi connectivity index (χ1v) is 10.8. The molecule has 3 rings (SSSR count). The number of carbonyl (C=O) groups excluding carboxylic acids is 2. The molecule has 0 radical (unpaired) electrons. The largest absolute Gasteiger partial charge is 0.452 e. The first-order valence-electron chi connectivity index (χ1n) is 8.96. The van der Waals surface area contributed by atoms with Crippen molar-refractivity contribution >= 4 is 27.6 Å². The number of fused-ring (bicyclic) bond motifs is 1. The van der Waals surface area contributed by atoms with Gasteiger partial charge in [-0.2, -0.15) is 0 Å². The molecule has 0 bridgehead atoms. The summed E-state index contributed by atoms with van der Waals surface area (Å²) in [5, 5.41) is 2.49. The van der Waals surface area contributed by atoms with E-state index in [0.29, 0.717) is 17.7 Å². The number of nitrogens with one attached hydrogen (secondary N) is 1. The van der Waals surface area contributed by atoms with Crippen molar-refractivity contribution in [1.82, 2.24) is 5.32 Å². The monoisotopic (exact) mass is 420 g/mol. The average molecular weight is 420 g/mol. The van der Waals surface area contributed by atoms with E-state index in [1.165, 1.54) is 16.4 Å². The molecule has 9 heteroatoms. The van der Waals surface area contributed by atoms with Crippen molar-refractivity contribution in [2.75, 3.05) is 17.2 Å². The first kappa shape index (κ1) is 20.8. The molecule has 1 heterocycles. The van der Waals surface area contributed by atoms with Gasteiger partial charge in [0, 0.05) is 18.2 Å². The van der Waals surface area contributed by atoms with E-state index >= 15 is 0 Å². The number of anilines is 1. The fraction of sp³-hybridized carbons (Fsp3) is 0.300. The molecule has 1 aliphatic rings. The topological polar surface area (TPSA) is 92.8 Å². The molecule has 0 saturated heterocycles. The Kier molecular flexibility index (Phi) is 5.88. The van der Waals surface area contributed by atoms with Gasteiger partial charge in [0.25, 0.3) is 5.91 Å². The van der Waals surface area contributed by atoms with Gasteiger partial charge in [0.15, 0.2) is 6.61 Å². The van der Waals surface area contributed by atoms with Crippen molar-refractivity contribution in [3.05, 3.63) is 65.0 Å². The third-order valence-electron chi connectivity index (χ3n) is 4.59. The number of amides is 1. The van der Waals surface area contributed by atoms with Gasteiger partial charge in [-0.1, -0.05) is 18.2 Å². The second-order valence-electron chi connectivity index (χ2n) is 6.90. The number of halogens is 1. The zero-order valence-corrected chi connectivity index (χ0v) is 16.8. The fourth-order valence-corrected chi connectivity index (χ4v) is 4.60. The molecule has 1 N–H and O–H groups in total. The summed E-state index contributed by atoms with van der Waals surface area (Å²) in [7, 11) is -3.41. The van der Waals surface area contributed by atoms with Crippen LogP contribution in [-0.4, -0.2) is 39.2 Å². The van der Waals surface area contributed by atoms with Crippen molar-refractivity contribution in [3.63, 3.8) is 0 Å². The minimum atomic E-state index is -3.41. The molecule has 1 amide bonds. The summed E-state index contributed by atoms with van der Waals surface area (Å²) < 4.78 is 43.8. The van der Waals surface area contributed by atoms with Gasteiger partial charge in [0.1, 0.15) is 5.82 Å². The molecular formula is C20H21FN2O5S. The van der Waals surface area contributed by atoms with Crippen LogP contribution in [0.4, 0.5) is 10.1 Å². The molecule has 1 aliphatic heterocycles. The second kappa shape index (κ2) is 8.20. The molecule has 0 aliphatic carbocycles. The van der Waals surface area contributed by atoms with Crippen LogP contribution in [0.25, 0.3) is 0 Å². The predicted octanol–water partition coefficient (Wildman–Crippen LogP) is 2.01. The van der Waals surface area contributed by atoms with E-state index in [-0.39, 0.29) is 18.2 Å². The Morgan fingerprint density at radius 2 is 1.97 bits per heavy atom. The number of carbonyl (C=O) groups is 2. The van der Waals surface area contributed by atoms with Gasteiger partial charge in [-0.3, -0.25) is 9.10 Å². The number of esters is 1. The number of ether oxygens (including phenoxy) is 1. The van der Waals surface area contributed by atoms with Crippen molar-refractivity contribution in [3.8, 4) is 0 Å². The molecule has 0 unspecified atom stereocenters. The number of hydrogen-bond donors (Lipinski definition) is 1. The number of sulfonamides is 1. The molecule has 7 nitrogen and oxygen atoms in total. The Hall–Kier alpha value is -2.94. The van der Waals surface area contributed by atoms with E-state index in [1.807, 2.05) is 0 Å². The molecule has 0 fully saturated rings. The maximum absolute atomic E-state index is 13.5. The highest BCUT2D eigenvalue weighted by atomic mass is 32.2. The number of nitrogens with zero attached hydrogens (tertiary/aromatic N) is 1. The van der Waals surface area contributed by atoms with E-state index < -0.39 is 34.3 Å².